The number of carbonyl (C=O) groups is 1. The molecule has 0 aromatic heterocycles. The smallest absolute Gasteiger partial charge is 0.430 e. The minimum atomic E-state index is -4.96. The Hall–Kier alpha value is -2.09. The lowest BCUT2D eigenvalue weighted by atomic mass is 10.0. The number of hydrogen-bond acceptors (Lipinski definition) is 3. The van der Waals surface area contributed by atoms with E-state index in [0.717, 1.165) is 12.1 Å². The number of benzene rings is 2. The van der Waals surface area contributed by atoms with E-state index >= 15 is 0 Å². The van der Waals surface area contributed by atoms with Gasteiger partial charge in [-0.1, -0.05) is 34.8 Å². The van der Waals surface area contributed by atoms with Gasteiger partial charge in [0.15, 0.2) is 5.75 Å². The van der Waals surface area contributed by atoms with Gasteiger partial charge in [-0.3, -0.25) is 0 Å². The second kappa shape index (κ2) is 7.39. The number of halogens is 6. The summed E-state index contributed by atoms with van der Waals surface area (Å²) >= 11 is 18.1. The minimum absolute atomic E-state index is 0.0341. The molecule has 3 rings (SSSR count). The number of carboxylic acid groups (broad SMARTS) is 1. The zero-order valence-corrected chi connectivity index (χ0v) is 16.2. The highest BCUT2D eigenvalue weighted by atomic mass is 35.5. The third-order valence-corrected chi connectivity index (χ3v) is 4.68. The van der Waals surface area contributed by atoms with Crippen LogP contribution in [0.3, 0.4) is 0 Å². The van der Waals surface area contributed by atoms with E-state index in [1.54, 1.807) is 25.1 Å². The van der Waals surface area contributed by atoms with Crippen LogP contribution in [-0.2, 0) is 4.79 Å². The van der Waals surface area contributed by atoms with Crippen LogP contribution < -0.4 is 9.47 Å². The number of ether oxygens (including phenoxy) is 2. The lowest BCUT2D eigenvalue weighted by Gasteiger charge is -2.29. The zero-order chi connectivity index (χ0) is 20.8. The van der Waals surface area contributed by atoms with Gasteiger partial charge in [0.1, 0.15) is 11.5 Å². The Balaban J connectivity index is 2.18. The van der Waals surface area contributed by atoms with Crippen LogP contribution in [0.2, 0.25) is 15.1 Å². The predicted molar refractivity (Wildman–Crippen MR) is 98.8 cm³/mol. The maximum absolute atomic E-state index is 13.3. The molecule has 1 heterocycles. The van der Waals surface area contributed by atoms with Crippen molar-refractivity contribution in [1.29, 1.82) is 0 Å². The van der Waals surface area contributed by atoms with Crippen LogP contribution in [0.1, 0.15) is 11.1 Å². The predicted octanol–water partition coefficient (Wildman–Crippen LogP) is 6.54. The molecule has 1 N–H and O–H groups in total. The molecule has 148 valence electrons. The SMILES string of the molecule is Cc1cc(Cl)ccc1Oc1c(Cl)cc(Cl)c2c1C=C(C(=O)O)C(C(F)(F)F)O2. The number of aryl methyl sites for hydroxylation is 1. The Morgan fingerprint density at radius 3 is 2.43 bits per heavy atom. The Kier molecular flexibility index (Phi) is 5.44. The Labute approximate surface area is 172 Å². The van der Waals surface area contributed by atoms with E-state index in [1.165, 1.54) is 0 Å². The number of aliphatic carboxylic acids is 1. The molecular weight excluding hydrogens is 444 g/mol. The molecular formula is C18H10Cl3F3O4. The van der Waals surface area contributed by atoms with E-state index in [1.807, 2.05) is 0 Å². The average molecular weight is 454 g/mol. The van der Waals surface area contributed by atoms with E-state index < -0.39 is 23.8 Å². The van der Waals surface area contributed by atoms with Crippen LogP contribution in [0.5, 0.6) is 17.2 Å². The molecule has 1 aliphatic heterocycles. The highest BCUT2D eigenvalue weighted by molar-refractivity contribution is 6.37. The number of rotatable bonds is 3. The van der Waals surface area contributed by atoms with E-state index in [-0.39, 0.29) is 27.1 Å². The summed E-state index contributed by atoms with van der Waals surface area (Å²) < 4.78 is 50.4. The van der Waals surface area contributed by atoms with E-state index in [2.05, 4.69) is 0 Å². The van der Waals surface area contributed by atoms with Crippen LogP contribution in [0, 0.1) is 6.92 Å². The molecule has 0 saturated carbocycles. The first-order valence-electron chi connectivity index (χ1n) is 7.63. The van der Waals surface area contributed by atoms with Crippen LogP contribution in [0.25, 0.3) is 6.08 Å². The molecule has 0 spiro atoms. The fourth-order valence-electron chi connectivity index (χ4n) is 2.62. The lowest BCUT2D eigenvalue weighted by Crippen LogP contribution is -2.40. The number of fused-ring (bicyclic) bond motifs is 1. The second-order valence-electron chi connectivity index (χ2n) is 5.87. The van der Waals surface area contributed by atoms with Crippen molar-refractivity contribution in [1.82, 2.24) is 0 Å². The number of alkyl halides is 3. The maximum atomic E-state index is 13.3. The molecule has 10 heteroatoms. The van der Waals surface area contributed by atoms with Crippen molar-refractivity contribution in [2.75, 3.05) is 0 Å². The molecule has 1 atom stereocenters. The molecule has 0 radical (unpaired) electrons. The maximum Gasteiger partial charge on any atom is 0.430 e. The van der Waals surface area contributed by atoms with Gasteiger partial charge in [0.05, 0.1) is 21.2 Å². The summed E-state index contributed by atoms with van der Waals surface area (Å²) in [5.41, 5.74) is -0.500. The molecule has 0 bridgehead atoms. The van der Waals surface area contributed by atoms with E-state index in [9.17, 15) is 23.1 Å². The molecule has 2 aromatic carbocycles. The molecule has 0 amide bonds. The first kappa shape index (κ1) is 20.6. The zero-order valence-electron chi connectivity index (χ0n) is 13.9. The fraction of sp³-hybridized carbons (Fsp3) is 0.167. The van der Waals surface area contributed by atoms with Gasteiger partial charge in [-0.05, 0) is 42.8 Å². The van der Waals surface area contributed by atoms with Gasteiger partial charge in [0.2, 0.25) is 6.10 Å². The largest absolute Gasteiger partial charge is 0.478 e. The summed E-state index contributed by atoms with van der Waals surface area (Å²) in [5, 5.41) is 9.43. The molecule has 0 fully saturated rings. The summed E-state index contributed by atoms with van der Waals surface area (Å²) in [4.78, 5) is 11.4. The molecule has 1 aliphatic rings. The van der Waals surface area contributed by atoms with Gasteiger partial charge in [0.25, 0.3) is 0 Å². The van der Waals surface area contributed by atoms with Crippen molar-refractivity contribution < 1.29 is 32.5 Å². The van der Waals surface area contributed by atoms with Crippen molar-refractivity contribution in [3.63, 3.8) is 0 Å². The van der Waals surface area contributed by atoms with Gasteiger partial charge in [-0.15, -0.1) is 0 Å². The van der Waals surface area contributed by atoms with Crippen molar-refractivity contribution >= 4 is 46.8 Å². The van der Waals surface area contributed by atoms with Crippen molar-refractivity contribution in [3.05, 3.63) is 56.0 Å². The summed E-state index contributed by atoms with van der Waals surface area (Å²) in [6.45, 7) is 1.70. The second-order valence-corrected chi connectivity index (χ2v) is 7.12. The lowest BCUT2D eigenvalue weighted by molar-refractivity contribution is -0.187. The van der Waals surface area contributed by atoms with Gasteiger partial charge in [0, 0.05) is 5.02 Å². The fourth-order valence-corrected chi connectivity index (χ4v) is 3.41. The van der Waals surface area contributed by atoms with Gasteiger partial charge < -0.3 is 14.6 Å². The van der Waals surface area contributed by atoms with Crippen LogP contribution in [0.4, 0.5) is 13.2 Å². The number of carboxylic acids is 1. The highest BCUT2D eigenvalue weighted by Crippen LogP contribution is 2.49. The van der Waals surface area contributed by atoms with Crippen molar-refractivity contribution in [3.8, 4) is 17.2 Å². The van der Waals surface area contributed by atoms with Gasteiger partial charge in [-0.25, -0.2) is 4.79 Å². The topological polar surface area (TPSA) is 55.8 Å². The highest BCUT2D eigenvalue weighted by Gasteiger charge is 2.49. The van der Waals surface area contributed by atoms with Gasteiger partial charge in [-0.2, -0.15) is 13.2 Å². The van der Waals surface area contributed by atoms with Crippen molar-refractivity contribution in [2.24, 2.45) is 0 Å². The number of hydrogen-bond donors (Lipinski definition) is 1. The van der Waals surface area contributed by atoms with Gasteiger partial charge >= 0.3 is 12.1 Å². The standard InChI is InChI=1S/C18H10Cl3F3O4/c1-7-4-8(19)2-3-13(7)27-14-9-5-10(17(25)26)16(18(22,23)24)28-15(9)12(21)6-11(14)20/h2-6,16H,1H3,(H,25,26). The Bertz CT molecular complexity index is 1000. The Morgan fingerprint density at radius 1 is 1.18 bits per heavy atom. The third-order valence-electron chi connectivity index (χ3n) is 3.89. The van der Waals surface area contributed by atoms with Crippen LogP contribution in [0.15, 0.2) is 29.8 Å². The monoisotopic (exact) mass is 452 g/mol. The minimum Gasteiger partial charge on any atom is -0.478 e. The molecule has 4 nitrogen and oxygen atoms in total. The first-order chi connectivity index (χ1) is 13.0. The average Bonchev–Trinajstić information content (AvgIpc) is 2.58. The Morgan fingerprint density at radius 2 is 1.86 bits per heavy atom. The molecule has 2 aromatic rings. The summed E-state index contributed by atoms with van der Waals surface area (Å²) in [6.07, 6.45) is -6.84. The van der Waals surface area contributed by atoms with E-state index in [0.29, 0.717) is 16.3 Å². The summed E-state index contributed by atoms with van der Waals surface area (Å²) in [5.74, 6) is -1.94. The molecule has 0 aliphatic carbocycles. The normalized spacial score (nSPS) is 16.1. The summed E-state index contributed by atoms with van der Waals surface area (Å²) in [6, 6.07) is 5.87. The summed E-state index contributed by atoms with van der Waals surface area (Å²) in [7, 11) is 0. The van der Waals surface area contributed by atoms with Crippen LogP contribution >= 0.6 is 34.8 Å². The van der Waals surface area contributed by atoms with E-state index in [4.69, 9.17) is 44.3 Å². The first-order valence-corrected chi connectivity index (χ1v) is 8.76. The van der Waals surface area contributed by atoms with Crippen LogP contribution in [-0.4, -0.2) is 23.4 Å². The molecule has 0 saturated heterocycles. The van der Waals surface area contributed by atoms with Crippen molar-refractivity contribution in [2.45, 2.75) is 19.2 Å². The molecule has 28 heavy (non-hydrogen) atoms. The quantitative estimate of drug-likeness (QED) is 0.573. The third kappa shape index (κ3) is 3.87. The molecule has 1 unspecified atom stereocenters.